The first kappa shape index (κ1) is 19.0. The number of carbonyl (C=O) groups is 1. The minimum atomic E-state index is -0.194. The average molecular weight is 363 g/mol. The topological polar surface area (TPSA) is 66.5 Å². The number of methoxy groups -OCH3 is 1. The van der Waals surface area contributed by atoms with Crippen LogP contribution in [0.1, 0.15) is 16.9 Å². The van der Waals surface area contributed by atoms with Crippen molar-refractivity contribution >= 4 is 28.9 Å². The van der Waals surface area contributed by atoms with Crippen LogP contribution in [0.4, 0.5) is 11.4 Å². The molecule has 2 rings (SSSR count). The highest BCUT2D eigenvalue weighted by molar-refractivity contribution is 6.31. The van der Waals surface area contributed by atoms with Gasteiger partial charge in [0.15, 0.2) is 0 Å². The van der Waals surface area contributed by atoms with E-state index in [1.807, 2.05) is 14.1 Å². The van der Waals surface area contributed by atoms with Crippen molar-refractivity contribution in [2.75, 3.05) is 39.6 Å². The first-order valence-electron chi connectivity index (χ1n) is 7.99. The highest BCUT2D eigenvalue weighted by Gasteiger charge is 2.09. The molecular weight excluding hydrogens is 340 g/mol. The predicted molar refractivity (Wildman–Crippen MR) is 101 cm³/mol. The molecule has 0 saturated carbocycles. The number of hydrogen-bond donors (Lipinski definition) is 2. The molecule has 2 N–H and O–H groups in total. The first-order valence-corrected chi connectivity index (χ1v) is 8.37. The van der Waals surface area contributed by atoms with E-state index in [0.717, 1.165) is 24.3 Å². The number of pyridine rings is 1. The van der Waals surface area contributed by atoms with Crippen molar-refractivity contribution in [3.05, 3.63) is 47.2 Å². The Morgan fingerprint density at radius 1 is 1.28 bits per heavy atom. The molecule has 1 amide bonds. The van der Waals surface area contributed by atoms with E-state index in [4.69, 9.17) is 16.3 Å². The second-order valence-electron chi connectivity index (χ2n) is 5.81. The van der Waals surface area contributed by atoms with Crippen LogP contribution in [0.5, 0.6) is 5.75 Å². The Morgan fingerprint density at radius 2 is 2.08 bits per heavy atom. The molecule has 0 aliphatic heterocycles. The summed E-state index contributed by atoms with van der Waals surface area (Å²) in [5, 5.41) is 6.67. The number of hydrogen-bond acceptors (Lipinski definition) is 5. The number of ether oxygens (including phenoxy) is 1. The smallest absolute Gasteiger partial charge is 0.269 e. The Bertz CT molecular complexity index is 722. The minimum absolute atomic E-state index is 0.194. The van der Waals surface area contributed by atoms with Gasteiger partial charge in [0.2, 0.25) is 0 Å². The molecule has 1 aromatic heterocycles. The van der Waals surface area contributed by atoms with Crippen LogP contribution in [-0.2, 0) is 0 Å². The third kappa shape index (κ3) is 5.92. The SMILES string of the molecule is COc1ccc(Cl)cc1Nc1ccnc(C(=O)NCCCN(C)C)c1. The number of amides is 1. The normalized spacial score (nSPS) is 10.6. The monoisotopic (exact) mass is 362 g/mol. The Hall–Kier alpha value is -2.31. The summed E-state index contributed by atoms with van der Waals surface area (Å²) in [5.41, 5.74) is 1.81. The van der Waals surface area contributed by atoms with Crippen molar-refractivity contribution in [2.45, 2.75) is 6.42 Å². The van der Waals surface area contributed by atoms with Gasteiger partial charge in [-0.15, -0.1) is 0 Å². The fraction of sp³-hybridized carbons (Fsp3) is 0.333. The number of halogens is 1. The van der Waals surface area contributed by atoms with Gasteiger partial charge in [-0.2, -0.15) is 0 Å². The van der Waals surface area contributed by atoms with Crippen LogP contribution in [-0.4, -0.2) is 50.1 Å². The largest absolute Gasteiger partial charge is 0.495 e. The lowest BCUT2D eigenvalue weighted by Crippen LogP contribution is -2.27. The van der Waals surface area contributed by atoms with Crippen LogP contribution in [0, 0.1) is 0 Å². The molecule has 7 heteroatoms. The number of benzene rings is 1. The summed E-state index contributed by atoms with van der Waals surface area (Å²) in [4.78, 5) is 18.4. The molecule has 6 nitrogen and oxygen atoms in total. The third-order valence-electron chi connectivity index (χ3n) is 3.50. The molecule has 0 bridgehead atoms. The Balaban J connectivity index is 2.03. The number of nitrogens with one attached hydrogen (secondary N) is 2. The summed E-state index contributed by atoms with van der Waals surface area (Å²) in [6, 6.07) is 8.78. The Morgan fingerprint density at radius 3 is 2.80 bits per heavy atom. The summed E-state index contributed by atoms with van der Waals surface area (Å²) in [7, 11) is 5.60. The summed E-state index contributed by atoms with van der Waals surface area (Å²) < 4.78 is 5.31. The van der Waals surface area contributed by atoms with E-state index in [-0.39, 0.29) is 5.91 Å². The van der Waals surface area contributed by atoms with E-state index >= 15 is 0 Å². The molecule has 0 aliphatic carbocycles. The highest BCUT2D eigenvalue weighted by Crippen LogP contribution is 2.30. The second-order valence-corrected chi connectivity index (χ2v) is 6.25. The van der Waals surface area contributed by atoms with E-state index in [1.165, 1.54) is 0 Å². The van der Waals surface area contributed by atoms with Gasteiger partial charge in [-0.05, 0) is 57.4 Å². The molecule has 1 heterocycles. The number of aromatic nitrogens is 1. The zero-order chi connectivity index (χ0) is 18.2. The van der Waals surface area contributed by atoms with Gasteiger partial charge in [-0.3, -0.25) is 9.78 Å². The summed E-state index contributed by atoms with van der Waals surface area (Å²) in [6.45, 7) is 1.53. The predicted octanol–water partition coefficient (Wildman–Crippen LogP) is 3.17. The fourth-order valence-electron chi connectivity index (χ4n) is 2.25. The van der Waals surface area contributed by atoms with E-state index in [2.05, 4.69) is 20.5 Å². The van der Waals surface area contributed by atoms with Crippen molar-refractivity contribution in [1.82, 2.24) is 15.2 Å². The van der Waals surface area contributed by atoms with Crippen LogP contribution in [0.15, 0.2) is 36.5 Å². The van der Waals surface area contributed by atoms with Gasteiger partial charge in [-0.25, -0.2) is 0 Å². The second kappa shape index (κ2) is 9.25. The zero-order valence-electron chi connectivity index (χ0n) is 14.7. The summed E-state index contributed by atoms with van der Waals surface area (Å²) in [6.07, 6.45) is 2.48. The lowest BCUT2D eigenvalue weighted by Gasteiger charge is -2.12. The first-order chi connectivity index (χ1) is 12.0. The number of anilines is 2. The van der Waals surface area contributed by atoms with E-state index in [9.17, 15) is 4.79 Å². The van der Waals surface area contributed by atoms with Crippen LogP contribution >= 0.6 is 11.6 Å². The van der Waals surface area contributed by atoms with Crippen molar-refractivity contribution in [2.24, 2.45) is 0 Å². The summed E-state index contributed by atoms with van der Waals surface area (Å²) >= 11 is 6.04. The van der Waals surface area contributed by atoms with Crippen molar-refractivity contribution in [1.29, 1.82) is 0 Å². The molecule has 25 heavy (non-hydrogen) atoms. The lowest BCUT2D eigenvalue weighted by atomic mass is 10.2. The maximum Gasteiger partial charge on any atom is 0.269 e. The molecule has 0 atom stereocenters. The third-order valence-corrected chi connectivity index (χ3v) is 3.74. The number of carbonyl (C=O) groups excluding carboxylic acids is 1. The summed E-state index contributed by atoms with van der Waals surface area (Å²) in [5.74, 6) is 0.469. The maximum atomic E-state index is 12.2. The average Bonchev–Trinajstić information content (AvgIpc) is 2.59. The lowest BCUT2D eigenvalue weighted by molar-refractivity contribution is 0.0947. The molecular formula is C18H23ClN4O2. The highest BCUT2D eigenvalue weighted by atomic mass is 35.5. The molecule has 0 unspecified atom stereocenters. The molecule has 0 spiro atoms. The molecule has 0 aliphatic rings. The molecule has 2 aromatic rings. The van der Waals surface area contributed by atoms with Crippen LogP contribution in [0.2, 0.25) is 5.02 Å². The molecule has 0 saturated heterocycles. The van der Waals surface area contributed by atoms with Gasteiger partial charge >= 0.3 is 0 Å². The van der Waals surface area contributed by atoms with E-state index in [1.54, 1.807) is 43.6 Å². The zero-order valence-corrected chi connectivity index (χ0v) is 15.4. The van der Waals surface area contributed by atoms with Crippen LogP contribution in [0.3, 0.4) is 0 Å². The van der Waals surface area contributed by atoms with Crippen LogP contribution in [0.25, 0.3) is 0 Å². The molecule has 134 valence electrons. The van der Waals surface area contributed by atoms with Gasteiger partial charge < -0.3 is 20.3 Å². The van der Waals surface area contributed by atoms with Crippen LogP contribution < -0.4 is 15.4 Å². The van der Waals surface area contributed by atoms with E-state index in [0.29, 0.717) is 23.0 Å². The quantitative estimate of drug-likeness (QED) is 0.706. The number of nitrogens with zero attached hydrogens (tertiary/aromatic N) is 2. The van der Waals surface area contributed by atoms with Crippen molar-refractivity contribution in [3.63, 3.8) is 0 Å². The molecule has 1 aromatic carbocycles. The van der Waals surface area contributed by atoms with Gasteiger partial charge in [0.05, 0.1) is 12.8 Å². The fourth-order valence-corrected chi connectivity index (χ4v) is 2.43. The van der Waals surface area contributed by atoms with Crippen molar-refractivity contribution < 1.29 is 9.53 Å². The minimum Gasteiger partial charge on any atom is -0.495 e. The molecule has 0 fully saturated rings. The van der Waals surface area contributed by atoms with Gasteiger partial charge in [0, 0.05) is 23.5 Å². The van der Waals surface area contributed by atoms with Crippen molar-refractivity contribution in [3.8, 4) is 5.75 Å². The Labute approximate surface area is 153 Å². The molecule has 0 radical (unpaired) electrons. The van der Waals surface area contributed by atoms with E-state index < -0.39 is 0 Å². The standard InChI is InChI=1S/C18H23ClN4O2/c1-23(2)10-4-8-21-18(24)16-12-14(7-9-20-16)22-15-11-13(19)5-6-17(15)25-3/h5-7,9,11-12H,4,8,10H2,1-3H3,(H,20,22)(H,21,24). The van der Waals surface area contributed by atoms with Gasteiger partial charge in [0.25, 0.3) is 5.91 Å². The number of rotatable bonds is 8. The van der Waals surface area contributed by atoms with Gasteiger partial charge in [-0.1, -0.05) is 11.6 Å². The maximum absolute atomic E-state index is 12.2. The van der Waals surface area contributed by atoms with Gasteiger partial charge in [0.1, 0.15) is 11.4 Å². The Kier molecular flexibility index (Phi) is 7.03.